The highest BCUT2D eigenvalue weighted by atomic mass is 32.1. The first-order valence-corrected chi connectivity index (χ1v) is 13.7. The highest BCUT2D eigenvalue weighted by Gasteiger charge is 2.24. The largest absolute Gasteiger partial charge is 0.352 e. The van der Waals surface area contributed by atoms with E-state index in [0.717, 1.165) is 27.4 Å². The van der Waals surface area contributed by atoms with E-state index in [9.17, 15) is 9.59 Å². The third-order valence-electron chi connectivity index (χ3n) is 6.81. The Balaban J connectivity index is 1.13. The van der Waals surface area contributed by atoms with Gasteiger partial charge in [0.15, 0.2) is 0 Å². The van der Waals surface area contributed by atoms with Crippen LogP contribution in [0.15, 0.2) is 73.3 Å². The van der Waals surface area contributed by atoms with Gasteiger partial charge in [-0.1, -0.05) is 18.2 Å². The molecule has 0 unspecified atom stereocenters. The van der Waals surface area contributed by atoms with E-state index in [4.69, 9.17) is 4.98 Å². The van der Waals surface area contributed by atoms with Gasteiger partial charge in [-0.25, -0.2) is 9.97 Å². The Bertz CT molecular complexity index is 1680. The van der Waals surface area contributed by atoms with Gasteiger partial charge >= 0.3 is 0 Å². The fourth-order valence-corrected chi connectivity index (χ4v) is 5.66. The lowest BCUT2D eigenvalue weighted by molar-refractivity contribution is 0.0746. The van der Waals surface area contributed by atoms with Gasteiger partial charge in [-0.3, -0.25) is 19.6 Å². The molecule has 10 nitrogen and oxygen atoms in total. The van der Waals surface area contributed by atoms with Crippen molar-refractivity contribution in [3.8, 4) is 0 Å². The summed E-state index contributed by atoms with van der Waals surface area (Å²) in [5.74, 6) is 0.473. The molecule has 0 saturated carbocycles. The lowest BCUT2D eigenvalue weighted by atomic mass is 10.1. The quantitative estimate of drug-likeness (QED) is 0.337. The maximum atomic E-state index is 13.4. The van der Waals surface area contributed by atoms with E-state index in [2.05, 4.69) is 29.5 Å². The molecule has 2 aromatic carbocycles. The molecule has 1 aliphatic rings. The summed E-state index contributed by atoms with van der Waals surface area (Å²) in [7, 11) is 0. The standard InChI is InChI=1S/C29H26N8O2S/c1-19-27(25(40-35-19)16-22-17-32-23-7-2-3-8-24(23)33-22)28(38)34-21-6-4-5-20(15-21)29(39)37-13-11-36(12-14-37)26-18-30-9-10-31-26/h2-10,15,17-18H,11-14,16H2,1H3,(H,34,38). The maximum absolute atomic E-state index is 13.4. The van der Waals surface area contributed by atoms with Crippen LogP contribution in [0.1, 0.15) is 37.0 Å². The summed E-state index contributed by atoms with van der Waals surface area (Å²) in [6.45, 7) is 4.33. The number of amides is 2. The molecule has 4 heterocycles. The molecule has 1 saturated heterocycles. The first-order chi connectivity index (χ1) is 19.5. The summed E-state index contributed by atoms with van der Waals surface area (Å²) in [6, 6.07) is 14.7. The predicted molar refractivity (Wildman–Crippen MR) is 154 cm³/mol. The van der Waals surface area contributed by atoms with Crippen molar-refractivity contribution >= 4 is 45.9 Å². The number of hydrogen-bond acceptors (Lipinski definition) is 9. The number of hydrogen-bond donors (Lipinski definition) is 1. The Kier molecular flexibility index (Phi) is 7.11. The monoisotopic (exact) mass is 550 g/mol. The van der Waals surface area contributed by atoms with Gasteiger partial charge in [-0.05, 0) is 48.8 Å². The molecule has 1 N–H and O–H groups in total. The molecule has 0 bridgehead atoms. The van der Waals surface area contributed by atoms with E-state index in [1.165, 1.54) is 11.5 Å². The van der Waals surface area contributed by atoms with E-state index in [-0.39, 0.29) is 11.8 Å². The van der Waals surface area contributed by atoms with E-state index < -0.39 is 0 Å². The molecule has 1 fully saturated rings. The summed E-state index contributed by atoms with van der Waals surface area (Å²) in [4.78, 5) is 49.0. The van der Waals surface area contributed by atoms with Crippen molar-refractivity contribution in [2.75, 3.05) is 36.4 Å². The van der Waals surface area contributed by atoms with Gasteiger partial charge in [0.2, 0.25) is 0 Å². The average molecular weight is 551 g/mol. The summed E-state index contributed by atoms with van der Waals surface area (Å²) in [5, 5.41) is 2.97. The number of aromatic nitrogens is 5. The number of piperazine rings is 1. The van der Waals surface area contributed by atoms with Crippen LogP contribution in [-0.4, -0.2) is 67.2 Å². The zero-order valence-electron chi connectivity index (χ0n) is 21.8. The number of para-hydroxylation sites is 2. The fraction of sp³-hybridized carbons (Fsp3) is 0.207. The number of rotatable bonds is 6. The molecule has 0 aliphatic carbocycles. The van der Waals surface area contributed by atoms with Crippen LogP contribution >= 0.6 is 11.5 Å². The van der Waals surface area contributed by atoms with E-state index >= 15 is 0 Å². The van der Waals surface area contributed by atoms with Gasteiger partial charge in [0, 0.05) is 67.3 Å². The van der Waals surface area contributed by atoms with Crippen LogP contribution in [0.4, 0.5) is 11.5 Å². The van der Waals surface area contributed by atoms with Gasteiger partial charge in [0.05, 0.1) is 34.2 Å². The smallest absolute Gasteiger partial charge is 0.258 e. The summed E-state index contributed by atoms with van der Waals surface area (Å²) < 4.78 is 4.43. The Morgan fingerprint density at radius 1 is 0.950 bits per heavy atom. The second-order valence-electron chi connectivity index (χ2n) is 9.47. The van der Waals surface area contributed by atoms with Crippen molar-refractivity contribution in [2.24, 2.45) is 0 Å². The average Bonchev–Trinajstić information content (AvgIpc) is 3.37. The number of nitrogens with zero attached hydrogens (tertiary/aromatic N) is 7. The Labute approximate surface area is 234 Å². The predicted octanol–water partition coefficient (Wildman–Crippen LogP) is 3.99. The first kappa shape index (κ1) is 25.5. The topological polar surface area (TPSA) is 117 Å². The van der Waals surface area contributed by atoms with Gasteiger partial charge in [0.25, 0.3) is 11.8 Å². The Hall–Kier alpha value is -4.77. The normalized spacial score (nSPS) is 13.4. The van der Waals surface area contributed by atoms with Crippen molar-refractivity contribution < 1.29 is 9.59 Å². The van der Waals surface area contributed by atoms with Crippen molar-refractivity contribution in [3.63, 3.8) is 0 Å². The number of nitrogens with one attached hydrogen (secondary N) is 1. The Morgan fingerprint density at radius 2 is 1.77 bits per heavy atom. The second kappa shape index (κ2) is 11.1. The highest BCUT2D eigenvalue weighted by molar-refractivity contribution is 7.06. The van der Waals surface area contributed by atoms with Crippen LogP contribution in [0.3, 0.4) is 0 Å². The van der Waals surface area contributed by atoms with E-state index in [1.54, 1.807) is 49.1 Å². The van der Waals surface area contributed by atoms with E-state index in [1.807, 2.05) is 36.1 Å². The number of anilines is 2. The van der Waals surface area contributed by atoms with E-state index in [0.29, 0.717) is 55.1 Å². The summed E-state index contributed by atoms with van der Waals surface area (Å²) >= 11 is 1.29. The lowest BCUT2D eigenvalue weighted by Gasteiger charge is -2.35. The van der Waals surface area contributed by atoms with Crippen molar-refractivity contribution in [3.05, 3.63) is 101 Å². The fourth-order valence-electron chi connectivity index (χ4n) is 4.77. The lowest BCUT2D eigenvalue weighted by Crippen LogP contribution is -2.49. The van der Waals surface area contributed by atoms with Crippen LogP contribution < -0.4 is 10.2 Å². The number of carbonyl (C=O) groups is 2. The zero-order chi connectivity index (χ0) is 27.5. The SMILES string of the molecule is Cc1nsc(Cc2cnc3ccccc3n2)c1C(=O)Nc1cccc(C(=O)N2CCN(c3cnccn3)CC2)c1. The molecule has 6 rings (SSSR count). The van der Waals surface area contributed by atoms with Crippen LogP contribution in [0.5, 0.6) is 0 Å². The first-order valence-electron chi connectivity index (χ1n) is 12.9. The number of benzene rings is 2. The number of aryl methyl sites for hydroxylation is 1. The Morgan fingerprint density at radius 3 is 2.58 bits per heavy atom. The molecule has 5 aromatic rings. The van der Waals surface area contributed by atoms with Crippen molar-refractivity contribution in [1.29, 1.82) is 0 Å². The third kappa shape index (κ3) is 5.36. The molecular weight excluding hydrogens is 524 g/mol. The zero-order valence-corrected chi connectivity index (χ0v) is 22.6. The van der Waals surface area contributed by atoms with Crippen molar-refractivity contribution in [2.45, 2.75) is 13.3 Å². The molecule has 2 amide bonds. The van der Waals surface area contributed by atoms with Crippen molar-refractivity contribution in [1.82, 2.24) is 29.2 Å². The minimum absolute atomic E-state index is 0.0705. The minimum atomic E-state index is -0.266. The second-order valence-corrected chi connectivity index (χ2v) is 10.3. The minimum Gasteiger partial charge on any atom is -0.352 e. The molecular formula is C29H26N8O2S. The van der Waals surface area contributed by atoms with Crippen LogP contribution in [-0.2, 0) is 6.42 Å². The number of carbonyl (C=O) groups excluding carboxylic acids is 2. The third-order valence-corrected chi connectivity index (χ3v) is 7.74. The maximum Gasteiger partial charge on any atom is 0.258 e. The highest BCUT2D eigenvalue weighted by Crippen LogP contribution is 2.24. The molecule has 11 heteroatoms. The molecule has 1 aliphatic heterocycles. The molecule has 40 heavy (non-hydrogen) atoms. The summed E-state index contributed by atoms with van der Waals surface area (Å²) in [6.07, 6.45) is 7.23. The van der Waals surface area contributed by atoms with Gasteiger partial charge in [-0.15, -0.1) is 0 Å². The van der Waals surface area contributed by atoms with Gasteiger partial charge in [0.1, 0.15) is 5.82 Å². The molecule has 3 aromatic heterocycles. The van der Waals surface area contributed by atoms with Gasteiger partial charge in [-0.2, -0.15) is 4.37 Å². The van der Waals surface area contributed by atoms with Gasteiger partial charge < -0.3 is 15.1 Å². The van der Waals surface area contributed by atoms with Crippen LogP contribution in [0.25, 0.3) is 11.0 Å². The van der Waals surface area contributed by atoms with Crippen LogP contribution in [0, 0.1) is 6.92 Å². The molecule has 0 spiro atoms. The number of fused-ring (bicyclic) bond motifs is 1. The molecule has 200 valence electrons. The molecule has 0 atom stereocenters. The van der Waals surface area contributed by atoms with Crippen LogP contribution in [0.2, 0.25) is 0 Å². The molecule has 0 radical (unpaired) electrons. The summed E-state index contributed by atoms with van der Waals surface area (Å²) in [5.41, 5.74) is 4.66.